The topological polar surface area (TPSA) is 75.6 Å². The van der Waals surface area contributed by atoms with Gasteiger partial charge in [-0.1, -0.05) is 91.0 Å². The number of methoxy groups -OCH3 is 1. The molecule has 0 aliphatic heterocycles. The minimum absolute atomic E-state index is 0.449. The zero-order valence-electron chi connectivity index (χ0n) is 16.1. The molecule has 0 saturated carbocycles. The maximum atomic E-state index is 12.8. The maximum Gasteiger partial charge on any atom is 0.329 e. The molecule has 0 bridgehead atoms. The van der Waals surface area contributed by atoms with Crippen molar-refractivity contribution >= 4 is 11.9 Å². The van der Waals surface area contributed by atoms with Gasteiger partial charge >= 0.3 is 5.97 Å². The first kappa shape index (κ1) is 20.3. The smallest absolute Gasteiger partial charge is 0.329 e. The van der Waals surface area contributed by atoms with Crippen molar-refractivity contribution in [2.24, 2.45) is 0 Å². The van der Waals surface area contributed by atoms with Crippen molar-refractivity contribution in [3.05, 3.63) is 108 Å². The minimum atomic E-state index is -1.39. The zero-order chi connectivity index (χ0) is 20.6. The molecule has 2 atom stereocenters. The summed E-state index contributed by atoms with van der Waals surface area (Å²) in [7, 11) is 1.28. The van der Waals surface area contributed by atoms with E-state index in [9.17, 15) is 14.7 Å². The van der Waals surface area contributed by atoms with Gasteiger partial charge in [0.05, 0.1) is 7.11 Å². The molecule has 0 aliphatic carbocycles. The fourth-order valence-corrected chi connectivity index (χ4v) is 3.32. The van der Waals surface area contributed by atoms with Gasteiger partial charge in [0, 0.05) is 5.92 Å². The lowest BCUT2D eigenvalue weighted by Gasteiger charge is -2.28. The predicted octanol–water partition coefficient (Wildman–Crippen LogP) is 3.21. The van der Waals surface area contributed by atoms with Crippen molar-refractivity contribution in [1.29, 1.82) is 0 Å². The molecule has 3 rings (SSSR count). The number of benzene rings is 3. The summed E-state index contributed by atoms with van der Waals surface area (Å²) in [6.45, 7) is 0. The van der Waals surface area contributed by atoms with Crippen LogP contribution in [0.4, 0.5) is 0 Å². The minimum Gasteiger partial charge on any atom is -0.467 e. The van der Waals surface area contributed by atoms with Crippen LogP contribution in [0.1, 0.15) is 28.7 Å². The highest BCUT2D eigenvalue weighted by molar-refractivity contribution is 5.88. The summed E-state index contributed by atoms with van der Waals surface area (Å²) in [6, 6.07) is 26.4. The summed E-state index contributed by atoms with van der Waals surface area (Å²) in [5, 5.41) is 13.2. The molecule has 0 radical (unpaired) electrons. The monoisotopic (exact) mass is 389 g/mol. The number of carbonyl (C=O) groups excluding carboxylic acids is 2. The highest BCUT2D eigenvalue weighted by Gasteiger charge is 2.34. The number of ether oxygens (including phenoxy) is 1. The summed E-state index contributed by atoms with van der Waals surface area (Å²) in [4.78, 5) is 25.4. The number of carbonyl (C=O) groups is 2. The molecule has 5 heteroatoms. The molecule has 148 valence electrons. The largest absolute Gasteiger partial charge is 0.467 e. The summed E-state index contributed by atoms with van der Waals surface area (Å²) < 4.78 is 4.99. The SMILES string of the molecule is COC(=O)[C@H](NC(=O)[C@@H](O)c1ccccc1)C(c1ccccc1)c1ccccc1. The van der Waals surface area contributed by atoms with Crippen LogP contribution in [-0.4, -0.2) is 30.1 Å². The van der Waals surface area contributed by atoms with Crippen molar-refractivity contribution in [3.63, 3.8) is 0 Å². The first-order chi connectivity index (χ1) is 14.1. The van der Waals surface area contributed by atoms with Gasteiger partial charge in [-0.3, -0.25) is 4.79 Å². The molecule has 5 nitrogen and oxygen atoms in total. The second-order valence-electron chi connectivity index (χ2n) is 6.62. The van der Waals surface area contributed by atoms with E-state index < -0.39 is 29.9 Å². The third-order valence-corrected chi connectivity index (χ3v) is 4.77. The second-order valence-corrected chi connectivity index (χ2v) is 6.62. The van der Waals surface area contributed by atoms with Gasteiger partial charge in [0.1, 0.15) is 6.04 Å². The quantitative estimate of drug-likeness (QED) is 0.609. The first-order valence-corrected chi connectivity index (χ1v) is 9.33. The van der Waals surface area contributed by atoms with Crippen molar-refractivity contribution in [1.82, 2.24) is 5.32 Å². The van der Waals surface area contributed by atoms with Crippen LogP contribution in [0.3, 0.4) is 0 Å². The van der Waals surface area contributed by atoms with Crippen LogP contribution < -0.4 is 5.32 Å². The molecule has 29 heavy (non-hydrogen) atoms. The number of hydrogen-bond donors (Lipinski definition) is 2. The van der Waals surface area contributed by atoms with Crippen LogP contribution >= 0.6 is 0 Å². The Balaban J connectivity index is 1.96. The van der Waals surface area contributed by atoms with E-state index in [1.807, 2.05) is 60.7 Å². The summed E-state index contributed by atoms with van der Waals surface area (Å²) in [5.74, 6) is -1.73. The van der Waals surface area contributed by atoms with E-state index >= 15 is 0 Å². The Morgan fingerprint density at radius 1 is 0.759 bits per heavy atom. The Bertz CT molecular complexity index is 889. The molecule has 0 aliphatic rings. The third kappa shape index (κ3) is 4.89. The normalized spacial score (nSPS) is 12.8. The van der Waals surface area contributed by atoms with Crippen LogP contribution in [0.15, 0.2) is 91.0 Å². The van der Waals surface area contributed by atoms with Crippen molar-refractivity contribution in [2.75, 3.05) is 7.11 Å². The van der Waals surface area contributed by atoms with Crippen molar-refractivity contribution in [2.45, 2.75) is 18.1 Å². The maximum absolute atomic E-state index is 12.8. The fourth-order valence-electron chi connectivity index (χ4n) is 3.32. The Kier molecular flexibility index (Phi) is 6.76. The number of aliphatic hydroxyl groups is 1. The molecular formula is C24H23NO4. The van der Waals surface area contributed by atoms with Crippen LogP contribution in [0.2, 0.25) is 0 Å². The molecular weight excluding hydrogens is 366 g/mol. The molecule has 3 aromatic carbocycles. The summed E-state index contributed by atoms with van der Waals surface area (Å²) >= 11 is 0. The molecule has 0 unspecified atom stereocenters. The fraction of sp³-hybridized carbons (Fsp3) is 0.167. The van der Waals surface area contributed by atoms with Crippen LogP contribution in [0.25, 0.3) is 0 Å². The van der Waals surface area contributed by atoms with E-state index in [2.05, 4.69) is 5.32 Å². The molecule has 1 amide bonds. The number of nitrogens with one attached hydrogen (secondary N) is 1. The van der Waals surface area contributed by atoms with Gasteiger partial charge in [0.15, 0.2) is 6.10 Å². The number of esters is 1. The molecule has 0 heterocycles. The third-order valence-electron chi connectivity index (χ3n) is 4.77. The van der Waals surface area contributed by atoms with Gasteiger partial charge in [0.2, 0.25) is 0 Å². The highest BCUT2D eigenvalue weighted by Crippen LogP contribution is 2.29. The van der Waals surface area contributed by atoms with Gasteiger partial charge < -0.3 is 15.2 Å². The Morgan fingerprint density at radius 3 is 1.59 bits per heavy atom. The first-order valence-electron chi connectivity index (χ1n) is 9.33. The van der Waals surface area contributed by atoms with Gasteiger partial charge in [0.25, 0.3) is 5.91 Å². The Hall–Kier alpha value is -3.44. The van der Waals surface area contributed by atoms with E-state index in [-0.39, 0.29) is 0 Å². The number of amides is 1. The van der Waals surface area contributed by atoms with Gasteiger partial charge in [-0.05, 0) is 16.7 Å². The average Bonchev–Trinajstić information content (AvgIpc) is 2.79. The predicted molar refractivity (Wildman–Crippen MR) is 110 cm³/mol. The lowest BCUT2D eigenvalue weighted by Crippen LogP contribution is -2.47. The average molecular weight is 389 g/mol. The number of hydrogen-bond acceptors (Lipinski definition) is 4. The van der Waals surface area contributed by atoms with Gasteiger partial charge in [-0.25, -0.2) is 4.79 Å². The lowest BCUT2D eigenvalue weighted by atomic mass is 9.84. The van der Waals surface area contributed by atoms with Crippen LogP contribution in [-0.2, 0) is 14.3 Å². The van der Waals surface area contributed by atoms with E-state index in [1.54, 1.807) is 30.3 Å². The summed E-state index contributed by atoms with van der Waals surface area (Å²) in [6.07, 6.45) is -1.39. The van der Waals surface area contributed by atoms with E-state index in [4.69, 9.17) is 4.74 Å². The van der Waals surface area contributed by atoms with Crippen LogP contribution in [0.5, 0.6) is 0 Å². The van der Waals surface area contributed by atoms with Gasteiger partial charge in [-0.15, -0.1) is 0 Å². The summed E-state index contributed by atoms with van der Waals surface area (Å²) in [5.41, 5.74) is 2.15. The van der Waals surface area contributed by atoms with E-state index in [0.717, 1.165) is 11.1 Å². The number of rotatable bonds is 7. The Morgan fingerprint density at radius 2 is 1.17 bits per heavy atom. The number of aliphatic hydroxyl groups excluding tert-OH is 1. The van der Waals surface area contributed by atoms with Crippen molar-refractivity contribution in [3.8, 4) is 0 Å². The van der Waals surface area contributed by atoms with Crippen LogP contribution in [0, 0.1) is 0 Å². The van der Waals surface area contributed by atoms with Crippen molar-refractivity contribution < 1.29 is 19.4 Å². The molecule has 0 aromatic heterocycles. The zero-order valence-corrected chi connectivity index (χ0v) is 16.1. The second kappa shape index (κ2) is 9.66. The van der Waals surface area contributed by atoms with E-state index in [0.29, 0.717) is 5.56 Å². The highest BCUT2D eigenvalue weighted by atomic mass is 16.5. The molecule has 0 spiro atoms. The van der Waals surface area contributed by atoms with E-state index in [1.165, 1.54) is 7.11 Å². The standard InChI is InChI=1S/C24H23NO4/c1-29-24(28)21(25-23(27)22(26)19-15-9-4-10-16-19)20(17-11-5-2-6-12-17)18-13-7-3-8-14-18/h2-16,20-22,26H,1H3,(H,25,27)/t21-,22+/m1/s1. The molecule has 0 saturated heterocycles. The lowest BCUT2D eigenvalue weighted by molar-refractivity contribution is -0.146. The van der Waals surface area contributed by atoms with Gasteiger partial charge in [-0.2, -0.15) is 0 Å². The Labute approximate surface area is 170 Å². The molecule has 2 N–H and O–H groups in total. The molecule has 3 aromatic rings. The molecule has 0 fully saturated rings.